The maximum Gasteiger partial charge on any atom is 0.139 e. The highest BCUT2D eigenvalue weighted by Gasteiger charge is 2.25. The summed E-state index contributed by atoms with van der Waals surface area (Å²) in [6, 6.07) is 8.28. The molecule has 2 aromatic heterocycles. The minimum Gasteiger partial charge on any atom is -0.312 e. The van der Waals surface area contributed by atoms with Crippen LogP contribution in [0.3, 0.4) is 0 Å². The number of thiazole rings is 1. The Morgan fingerprint density at radius 1 is 1.27 bits per heavy atom. The van der Waals surface area contributed by atoms with Crippen molar-refractivity contribution in [2.45, 2.75) is 25.8 Å². The minimum absolute atomic E-state index is 0.313. The number of aromatic nitrogens is 1. The summed E-state index contributed by atoms with van der Waals surface area (Å²) in [4.78, 5) is 22.1. The van der Waals surface area contributed by atoms with E-state index in [1.165, 1.54) is 25.6 Å². The molecule has 1 aromatic carbocycles. The summed E-state index contributed by atoms with van der Waals surface area (Å²) in [5.41, 5.74) is 3.69. The highest BCUT2D eigenvalue weighted by atomic mass is 32.1. The normalized spacial score (nSPS) is 14.1. The maximum atomic E-state index is 12.5. The molecule has 1 aliphatic heterocycles. The highest BCUT2D eigenvalue weighted by molar-refractivity contribution is 7.22. The number of fused-ring (bicyclic) bond motifs is 2. The first kappa shape index (κ1) is 17.8. The summed E-state index contributed by atoms with van der Waals surface area (Å²) in [5, 5.41) is 4.53. The van der Waals surface area contributed by atoms with E-state index in [-0.39, 0.29) is 0 Å². The molecule has 26 heavy (non-hydrogen) atoms. The Hall–Kier alpha value is -1.60. The Labute approximate surface area is 161 Å². The molecule has 0 radical (unpaired) electrons. The number of Topliss-reactive ketones (excluding diaryl/α,β-unsaturated/α-hetero) is 1. The number of nitrogens with zero attached hydrogens (tertiary/aromatic N) is 2. The number of hydrogen-bond acceptors (Lipinski definition) is 6. The van der Waals surface area contributed by atoms with E-state index in [4.69, 9.17) is 4.98 Å². The minimum atomic E-state index is 0.313. The van der Waals surface area contributed by atoms with Crippen LogP contribution >= 0.6 is 22.7 Å². The zero-order valence-corrected chi connectivity index (χ0v) is 16.8. The number of ketones is 1. The fourth-order valence-electron chi connectivity index (χ4n) is 3.36. The zero-order valence-electron chi connectivity index (χ0n) is 15.2. The molecule has 3 heterocycles. The average Bonchev–Trinajstić information content (AvgIpc) is 3.20. The number of carbonyl (C=O) groups is 1. The van der Waals surface area contributed by atoms with Gasteiger partial charge in [0, 0.05) is 41.2 Å². The molecule has 0 bridgehead atoms. The lowest BCUT2D eigenvalue weighted by atomic mass is 10.0. The van der Waals surface area contributed by atoms with E-state index in [1.807, 2.05) is 20.2 Å². The second-order valence-electron chi connectivity index (χ2n) is 6.98. The smallest absolute Gasteiger partial charge is 0.139 e. The Bertz CT molecular complexity index is 909. The largest absolute Gasteiger partial charge is 0.312 e. The van der Waals surface area contributed by atoms with Gasteiger partial charge in [-0.25, -0.2) is 4.98 Å². The van der Waals surface area contributed by atoms with Crippen LogP contribution in [0, 0.1) is 0 Å². The van der Waals surface area contributed by atoms with Crippen molar-refractivity contribution in [1.82, 2.24) is 15.2 Å². The van der Waals surface area contributed by atoms with Gasteiger partial charge < -0.3 is 10.2 Å². The molecular formula is C20H23N3OS2. The van der Waals surface area contributed by atoms with Gasteiger partial charge in [-0.2, -0.15) is 0 Å². The van der Waals surface area contributed by atoms with Gasteiger partial charge in [-0.1, -0.05) is 12.1 Å². The molecule has 1 N–H and O–H groups in total. The van der Waals surface area contributed by atoms with Crippen LogP contribution in [0.15, 0.2) is 24.3 Å². The Balaban J connectivity index is 1.72. The van der Waals surface area contributed by atoms with E-state index in [9.17, 15) is 4.79 Å². The van der Waals surface area contributed by atoms with E-state index in [0.717, 1.165) is 36.6 Å². The van der Waals surface area contributed by atoms with E-state index in [0.29, 0.717) is 18.6 Å². The first-order valence-corrected chi connectivity index (χ1v) is 10.6. The topological polar surface area (TPSA) is 45.2 Å². The fourth-order valence-corrected chi connectivity index (χ4v) is 5.84. The van der Waals surface area contributed by atoms with Crippen LogP contribution in [0.1, 0.15) is 21.7 Å². The molecule has 0 saturated heterocycles. The van der Waals surface area contributed by atoms with Crippen LogP contribution in [-0.2, 0) is 24.2 Å². The van der Waals surface area contributed by atoms with Crippen LogP contribution in [-0.4, -0.2) is 42.9 Å². The summed E-state index contributed by atoms with van der Waals surface area (Å²) in [6.45, 7) is 2.71. The summed E-state index contributed by atoms with van der Waals surface area (Å²) in [7, 11) is 4.02. The van der Waals surface area contributed by atoms with Crippen LogP contribution in [0.25, 0.3) is 20.8 Å². The Morgan fingerprint density at radius 2 is 2.12 bits per heavy atom. The second kappa shape index (κ2) is 7.56. The molecule has 0 amide bonds. The van der Waals surface area contributed by atoms with Gasteiger partial charge in [0.05, 0.1) is 10.2 Å². The predicted molar refractivity (Wildman–Crippen MR) is 110 cm³/mol. The number of carbonyl (C=O) groups excluding carboxylic acids is 1. The van der Waals surface area contributed by atoms with Crippen molar-refractivity contribution < 1.29 is 4.79 Å². The number of para-hydroxylation sites is 1. The SMILES string of the molecule is CN(C)CCC(=O)Cc1sc2c(c1-c1nc3ccccc3s1)CCNC2. The number of rotatable bonds is 6. The van der Waals surface area contributed by atoms with Crippen molar-refractivity contribution in [2.75, 3.05) is 27.2 Å². The summed E-state index contributed by atoms with van der Waals surface area (Å²) in [6.07, 6.45) is 2.15. The molecular weight excluding hydrogens is 362 g/mol. The molecule has 0 spiro atoms. The number of hydrogen-bond donors (Lipinski definition) is 1. The third-order valence-electron chi connectivity index (χ3n) is 4.70. The molecule has 136 valence electrons. The third-order valence-corrected chi connectivity index (χ3v) is 6.99. The predicted octanol–water partition coefficient (Wildman–Crippen LogP) is 3.73. The van der Waals surface area contributed by atoms with E-state index >= 15 is 0 Å². The summed E-state index contributed by atoms with van der Waals surface area (Å²) < 4.78 is 1.21. The molecule has 0 unspecified atom stereocenters. The van der Waals surface area contributed by atoms with Crippen LogP contribution in [0.4, 0.5) is 0 Å². The van der Waals surface area contributed by atoms with Crippen molar-refractivity contribution in [2.24, 2.45) is 0 Å². The highest BCUT2D eigenvalue weighted by Crippen LogP contribution is 2.41. The first-order valence-electron chi connectivity index (χ1n) is 8.98. The van der Waals surface area contributed by atoms with Gasteiger partial charge in [-0.3, -0.25) is 4.79 Å². The summed E-state index contributed by atoms with van der Waals surface area (Å²) >= 11 is 3.54. The lowest BCUT2D eigenvalue weighted by molar-refractivity contribution is -0.118. The molecule has 3 aromatic rings. The average molecular weight is 386 g/mol. The number of thiophene rings is 1. The van der Waals surface area contributed by atoms with Crippen LogP contribution in [0.2, 0.25) is 0 Å². The lowest BCUT2D eigenvalue weighted by Gasteiger charge is -2.13. The zero-order chi connectivity index (χ0) is 18.1. The van der Waals surface area contributed by atoms with Gasteiger partial charge in [0.15, 0.2) is 0 Å². The maximum absolute atomic E-state index is 12.5. The van der Waals surface area contributed by atoms with Gasteiger partial charge in [0.2, 0.25) is 0 Å². The van der Waals surface area contributed by atoms with Crippen molar-refractivity contribution in [3.63, 3.8) is 0 Å². The van der Waals surface area contributed by atoms with E-state index in [1.54, 1.807) is 22.7 Å². The fraction of sp³-hybridized carbons (Fsp3) is 0.400. The Morgan fingerprint density at radius 3 is 2.92 bits per heavy atom. The molecule has 0 atom stereocenters. The lowest BCUT2D eigenvalue weighted by Crippen LogP contribution is -2.22. The monoisotopic (exact) mass is 385 g/mol. The summed E-state index contributed by atoms with van der Waals surface area (Å²) in [5.74, 6) is 0.313. The van der Waals surface area contributed by atoms with Crippen molar-refractivity contribution in [3.05, 3.63) is 39.6 Å². The third kappa shape index (κ3) is 3.60. The van der Waals surface area contributed by atoms with E-state index < -0.39 is 0 Å². The Kier molecular flexibility index (Phi) is 5.18. The number of nitrogens with one attached hydrogen (secondary N) is 1. The second-order valence-corrected chi connectivity index (χ2v) is 9.20. The van der Waals surface area contributed by atoms with Crippen LogP contribution < -0.4 is 5.32 Å². The van der Waals surface area contributed by atoms with Gasteiger partial charge >= 0.3 is 0 Å². The van der Waals surface area contributed by atoms with Crippen molar-refractivity contribution in [1.29, 1.82) is 0 Å². The first-order chi connectivity index (χ1) is 12.6. The van der Waals surface area contributed by atoms with Gasteiger partial charge in [-0.05, 0) is 44.8 Å². The van der Waals surface area contributed by atoms with Crippen molar-refractivity contribution >= 4 is 38.7 Å². The molecule has 0 fully saturated rings. The van der Waals surface area contributed by atoms with Gasteiger partial charge in [0.1, 0.15) is 10.8 Å². The standard InChI is InChI=1S/C20H23N3OS2/c1-23(2)10-8-13(24)11-17-19(14-7-9-21-12-18(14)25-17)20-22-15-5-3-4-6-16(15)26-20/h3-6,21H,7-12H2,1-2H3. The van der Waals surface area contributed by atoms with Gasteiger partial charge in [0.25, 0.3) is 0 Å². The van der Waals surface area contributed by atoms with E-state index in [2.05, 4.69) is 28.4 Å². The van der Waals surface area contributed by atoms with Crippen molar-refractivity contribution in [3.8, 4) is 10.6 Å². The van der Waals surface area contributed by atoms with Crippen LogP contribution in [0.5, 0.6) is 0 Å². The molecule has 4 rings (SSSR count). The quantitative estimate of drug-likeness (QED) is 0.702. The molecule has 4 nitrogen and oxygen atoms in total. The van der Waals surface area contributed by atoms with Gasteiger partial charge in [-0.15, -0.1) is 22.7 Å². The molecule has 0 saturated carbocycles. The number of benzene rings is 1. The molecule has 1 aliphatic rings. The molecule has 0 aliphatic carbocycles. The molecule has 6 heteroatoms.